The number of anilines is 1. The Balaban J connectivity index is 2.02. The van der Waals surface area contributed by atoms with Gasteiger partial charge in [-0.25, -0.2) is 4.79 Å². The van der Waals surface area contributed by atoms with Crippen LogP contribution in [-0.2, 0) is 9.53 Å². The van der Waals surface area contributed by atoms with E-state index in [1.54, 1.807) is 25.6 Å². The molecule has 0 unspecified atom stereocenters. The second kappa shape index (κ2) is 10.3. The lowest BCUT2D eigenvalue weighted by molar-refractivity contribution is -0.115. The number of ether oxygens (including phenoxy) is 1. The van der Waals surface area contributed by atoms with Crippen molar-refractivity contribution in [3.63, 3.8) is 0 Å². The van der Waals surface area contributed by atoms with Crippen molar-refractivity contribution in [3.8, 4) is 5.40 Å². The van der Waals surface area contributed by atoms with Gasteiger partial charge in [0.25, 0.3) is 0 Å². The van der Waals surface area contributed by atoms with Crippen LogP contribution < -0.4 is 5.32 Å². The first-order valence-electron chi connectivity index (χ1n) is 7.91. The molecule has 0 fully saturated rings. The van der Waals surface area contributed by atoms with Crippen LogP contribution in [0.25, 0.3) is 0 Å². The van der Waals surface area contributed by atoms with E-state index in [0.717, 1.165) is 28.0 Å². The second-order valence-corrected chi connectivity index (χ2v) is 8.07. The molecule has 2 rings (SSSR count). The lowest BCUT2D eigenvalue weighted by Gasteiger charge is -2.05. The molecule has 0 atom stereocenters. The molecule has 8 heteroatoms. The molecule has 1 aromatic carbocycles. The van der Waals surface area contributed by atoms with Crippen molar-refractivity contribution >= 4 is 51.7 Å². The van der Waals surface area contributed by atoms with Gasteiger partial charge in [0.1, 0.15) is 15.3 Å². The highest BCUT2D eigenvalue weighted by Gasteiger charge is 2.22. The summed E-state index contributed by atoms with van der Waals surface area (Å²) >= 11 is 3.69. The van der Waals surface area contributed by atoms with E-state index in [0.29, 0.717) is 32.5 Å². The summed E-state index contributed by atoms with van der Waals surface area (Å²) in [5, 5.41) is 14.4. The number of nitrogens with zero attached hydrogens (tertiary/aromatic N) is 1. The molecule has 0 aliphatic carbocycles. The van der Waals surface area contributed by atoms with Crippen LogP contribution in [0, 0.1) is 17.6 Å². The normalized spacial score (nSPS) is 10.2. The topological polar surface area (TPSA) is 79.2 Å². The van der Waals surface area contributed by atoms with Gasteiger partial charge in [-0.1, -0.05) is 18.2 Å². The first-order chi connectivity index (χ1) is 12.6. The van der Waals surface area contributed by atoms with Crippen molar-refractivity contribution in [2.24, 2.45) is 0 Å². The zero-order chi connectivity index (χ0) is 18.9. The highest BCUT2D eigenvalue weighted by atomic mass is 32.2. The van der Waals surface area contributed by atoms with Crippen molar-refractivity contribution in [1.29, 1.82) is 5.26 Å². The summed E-state index contributed by atoms with van der Waals surface area (Å²) in [6, 6.07) is 9.86. The van der Waals surface area contributed by atoms with E-state index in [-0.39, 0.29) is 12.5 Å². The van der Waals surface area contributed by atoms with Crippen LogP contribution in [0.5, 0.6) is 0 Å². The Labute approximate surface area is 165 Å². The number of rotatable bonds is 8. The molecule has 5 nitrogen and oxygen atoms in total. The Bertz CT molecular complexity index is 813. The average molecular weight is 407 g/mol. The van der Waals surface area contributed by atoms with Crippen molar-refractivity contribution in [2.75, 3.05) is 17.7 Å². The lowest BCUT2D eigenvalue weighted by Crippen LogP contribution is -2.11. The molecule has 0 saturated carbocycles. The maximum absolute atomic E-state index is 12.2. The third-order valence-corrected chi connectivity index (χ3v) is 6.43. The van der Waals surface area contributed by atoms with Gasteiger partial charge in [-0.05, 0) is 43.3 Å². The van der Waals surface area contributed by atoms with E-state index >= 15 is 0 Å². The molecule has 0 saturated heterocycles. The maximum Gasteiger partial charge on any atom is 0.348 e. The Hall–Kier alpha value is -1.95. The summed E-state index contributed by atoms with van der Waals surface area (Å²) in [7, 11) is 0. The first kappa shape index (κ1) is 20.4. The highest BCUT2D eigenvalue weighted by molar-refractivity contribution is 8.04. The molecule has 1 aromatic heterocycles. The summed E-state index contributed by atoms with van der Waals surface area (Å²) in [4.78, 5) is 26.4. The summed E-state index contributed by atoms with van der Waals surface area (Å²) in [5.41, 5.74) is 0.661. The molecule has 26 heavy (non-hydrogen) atoms. The molecule has 0 spiro atoms. The van der Waals surface area contributed by atoms with Crippen LogP contribution in [0.1, 0.15) is 28.6 Å². The van der Waals surface area contributed by atoms with Gasteiger partial charge in [-0.2, -0.15) is 5.26 Å². The van der Waals surface area contributed by atoms with Crippen LogP contribution in [0.15, 0.2) is 40.1 Å². The van der Waals surface area contributed by atoms with Crippen LogP contribution in [-0.4, -0.2) is 24.2 Å². The van der Waals surface area contributed by atoms with Crippen molar-refractivity contribution in [3.05, 3.63) is 40.8 Å². The van der Waals surface area contributed by atoms with E-state index in [1.165, 1.54) is 0 Å². The number of nitrogens with one attached hydrogen (secondary N) is 1. The number of nitriles is 1. The predicted octanol–water partition coefficient (Wildman–Crippen LogP) is 4.93. The Morgan fingerprint density at radius 2 is 2.04 bits per heavy atom. The quantitative estimate of drug-likeness (QED) is 0.380. The minimum Gasteiger partial charge on any atom is -0.462 e. The molecule has 1 amide bonds. The van der Waals surface area contributed by atoms with Gasteiger partial charge in [-0.15, -0.1) is 23.1 Å². The second-order valence-electron chi connectivity index (χ2n) is 5.09. The fourth-order valence-electron chi connectivity index (χ4n) is 2.11. The number of thioether (sulfide) groups is 2. The minimum absolute atomic E-state index is 0.148. The first-order valence-corrected chi connectivity index (χ1v) is 10.5. The monoisotopic (exact) mass is 406 g/mol. The Kier molecular flexibility index (Phi) is 8.04. The third kappa shape index (κ3) is 5.53. The van der Waals surface area contributed by atoms with Gasteiger partial charge in [0.2, 0.25) is 5.91 Å². The van der Waals surface area contributed by atoms with E-state index in [1.807, 2.05) is 35.7 Å². The van der Waals surface area contributed by atoms with E-state index < -0.39 is 5.97 Å². The highest BCUT2D eigenvalue weighted by Crippen LogP contribution is 2.40. The number of thiophene rings is 1. The summed E-state index contributed by atoms with van der Waals surface area (Å²) in [5.74, 6) is 0.0610. The van der Waals surface area contributed by atoms with E-state index in [9.17, 15) is 9.59 Å². The molecule has 0 aliphatic rings. The number of benzene rings is 1. The number of carbonyl (C=O) groups excluding carboxylic acids is 2. The van der Waals surface area contributed by atoms with Gasteiger partial charge in [0, 0.05) is 17.1 Å². The van der Waals surface area contributed by atoms with Crippen molar-refractivity contribution < 1.29 is 14.3 Å². The van der Waals surface area contributed by atoms with Crippen LogP contribution in [0.4, 0.5) is 5.00 Å². The molecule has 1 heterocycles. The van der Waals surface area contributed by atoms with Gasteiger partial charge in [0.05, 0.1) is 11.5 Å². The van der Waals surface area contributed by atoms with Crippen LogP contribution in [0.2, 0.25) is 0 Å². The van der Waals surface area contributed by atoms with Gasteiger partial charge in [-0.3, -0.25) is 4.79 Å². The number of hydrogen-bond acceptors (Lipinski definition) is 7. The standard InChI is InChI=1S/C18H18N2O3S3/c1-3-23-18(22)16-12(2)15(25-11-19)17(26-16)20-14(21)9-10-24-13-7-5-4-6-8-13/h4-8H,3,9-10H2,1-2H3,(H,20,21). The third-order valence-electron chi connectivity index (χ3n) is 3.29. The fraction of sp³-hybridized carbons (Fsp3) is 0.278. The summed E-state index contributed by atoms with van der Waals surface area (Å²) in [6.07, 6.45) is 0.335. The maximum atomic E-state index is 12.2. The molecule has 0 radical (unpaired) electrons. The van der Waals surface area contributed by atoms with Gasteiger partial charge in [0.15, 0.2) is 0 Å². The SMILES string of the molecule is CCOC(=O)c1sc(NC(=O)CCSc2ccccc2)c(SC#N)c1C. The smallest absolute Gasteiger partial charge is 0.348 e. The zero-order valence-electron chi connectivity index (χ0n) is 14.4. The predicted molar refractivity (Wildman–Crippen MR) is 107 cm³/mol. The van der Waals surface area contributed by atoms with Crippen molar-refractivity contribution in [2.45, 2.75) is 30.1 Å². The Morgan fingerprint density at radius 3 is 2.69 bits per heavy atom. The Morgan fingerprint density at radius 1 is 1.31 bits per heavy atom. The van der Waals surface area contributed by atoms with Crippen LogP contribution in [0.3, 0.4) is 0 Å². The number of esters is 1. The van der Waals surface area contributed by atoms with Gasteiger partial charge >= 0.3 is 5.97 Å². The largest absolute Gasteiger partial charge is 0.462 e. The zero-order valence-corrected chi connectivity index (χ0v) is 16.9. The number of carbonyl (C=O) groups is 2. The number of hydrogen-bond donors (Lipinski definition) is 1. The fourth-order valence-corrected chi connectivity index (χ4v) is 4.80. The van der Waals surface area contributed by atoms with Gasteiger partial charge < -0.3 is 10.1 Å². The number of amides is 1. The molecule has 1 N–H and O–H groups in total. The molecule has 0 aliphatic heterocycles. The average Bonchev–Trinajstić information content (AvgIpc) is 2.93. The molecule has 0 bridgehead atoms. The van der Waals surface area contributed by atoms with E-state index in [2.05, 4.69) is 5.32 Å². The van der Waals surface area contributed by atoms with Crippen molar-refractivity contribution in [1.82, 2.24) is 0 Å². The molecular weight excluding hydrogens is 388 g/mol. The molecular formula is C18H18N2O3S3. The summed E-state index contributed by atoms with van der Waals surface area (Å²) < 4.78 is 5.04. The summed E-state index contributed by atoms with van der Waals surface area (Å²) in [6.45, 7) is 3.76. The van der Waals surface area contributed by atoms with E-state index in [4.69, 9.17) is 10.00 Å². The van der Waals surface area contributed by atoms with Crippen LogP contribution >= 0.6 is 34.9 Å². The molecule has 136 valence electrons. The molecule has 2 aromatic rings. The minimum atomic E-state index is -0.435. The lowest BCUT2D eigenvalue weighted by atomic mass is 10.3. The number of thiocyanates is 1.